The zero-order chi connectivity index (χ0) is 40.4. The second-order valence-electron chi connectivity index (χ2n) is 15.1. The van der Waals surface area contributed by atoms with E-state index in [4.69, 9.17) is 24.3 Å². The van der Waals surface area contributed by atoms with Crippen LogP contribution in [0.3, 0.4) is 0 Å². The molecule has 0 saturated heterocycles. The quantitative estimate of drug-likeness (QED) is 0.0155. The Labute approximate surface area is 333 Å². The van der Waals surface area contributed by atoms with Crippen LogP contribution in [-0.2, 0) is 32.7 Å². The fraction of sp³-hybridized carbons (Fsp3) is 0.814. The molecule has 12 heteroatoms. The Kier molecular flexibility index (Phi) is 31.8. The van der Waals surface area contributed by atoms with E-state index in [0.717, 1.165) is 32.1 Å². The molecule has 320 valence electrons. The first-order chi connectivity index (χ1) is 26.6. The van der Waals surface area contributed by atoms with Crippen LogP contribution in [0.4, 0.5) is 0 Å². The molecular weight excluding hydrogens is 721 g/mol. The molecule has 0 radical (unpaired) electrons. The van der Waals surface area contributed by atoms with Gasteiger partial charge in [-0.05, 0) is 44.6 Å². The van der Waals surface area contributed by atoms with Gasteiger partial charge in [0.15, 0.2) is 6.10 Å². The SMILES string of the molecule is CCCCCCCCCCCCCCCC/C=C/OC[C@H](COP(=O)(O)OCCN)OC(=O)CCC/C=C\C[C@H]1C(=O)C[C@@H](O)[C@@H]1/C=C/[C@@H](O)CCCCC. The Bertz CT molecular complexity index is 1100. The Hall–Kier alpha value is -1.85. The number of aliphatic hydroxyl groups is 2. The van der Waals surface area contributed by atoms with Crippen LogP contribution in [0.5, 0.6) is 0 Å². The minimum Gasteiger partial charge on any atom is -0.498 e. The zero-order valence-corrected chi connectivity index (χ0v) is 35.3. The molecule has 1 aliphatic rings. The van der Waals surface area contributed by atoms with Crippen LogP contribution in [0.2, 0.25) is 0 Å². The molecule has 0 amide bonds. The molecule has 55 heavy (non-hydrogen) atoms. The Morgan fingerprint density at radius 3 is 2.07 bits per heavy atom. The van der Waals surface area contributed by atoms with Crippen molar-refractivity contribution in [3.8, 4) is 0 Å². The van der Waals surface area contributed by atoms with E-state index in [1.54, 1.807) is 18.4 Å². The number of aliphatic hydroxyl groups excluding tert-OH is 2. The van der Waals surface area contributed by atoms with E-state index in [1.807, 2.05) is 18.2 Å². The molecule has 0 bridgehead atoms. The zero-order valence-electron chi connectivity index (χ0n) is 34.4. The number of ketones is 1. The van der Waals surface area contributed by atoms with E-state index in [9.17, 15) is 29.3 Å². The monoisotopic (exact) mass is 800 g/mol. The van der Waals surface area contributed by atoms with E-state index < -0.39 is 32.1 Å². The minimum atomic E-state index is -4.37. The number of hydrogen-bond acceptors (Lipinski definition) is 10. The van der Waals surface area contributed by atoms with Crippen molar-refractivity contribution in [2.45, 2.75) is 186 Å². The average molecular weight is 800 g/mol. The van der Waals surface area contributed by atoms with Crippen molar-refractivity contribution < 1.29 is 47.8 Å². The normalized spacial score (nSPS) is 19.8. The highest BCUT2D eigenvalue weighted by atomic mass is 31.2. The first-order valence-corrected chi connectivity index (χ1v) is 23.1. The number of ether oxygens (including phenoxy) is 2. The molecule has 6 atom stereocenters. The largest absolute Gasteiger partial charge is 0.498 e. The summed E-state index contributed by atoms with van der Waals surface area (Å²) < 4.78 is 33.1. The van der Waals surface area contributed by atoms with Gasteiger partial charge >= 0.3 is 13.8 Å². The topological polar surface area (TPSA) is 175 Å². The molecule has 0 aromatic rings. The predicted octanol–water partition coefficient (Wildman–Crippen LogP) is 9.57. The predicted molar refractivity (Wildman–Crippen MR) is 220 cm³/mol. The third-order valence-corrected chi connectivity index (χ3v) is 11.0. The van der Waals surface area contributed by atoms with Gasteiger partial charge in [0, 0.05) is 31.2 Å². The fourth-order valence-electron chi connectivity index (χ4n) is 6.71. The highest BCUT2D eigenvalue weighted by molar-refractivity contribution is 7.47. The lowest BCUT2D eigenvalue weighted by Crippen LogP contribution is -2.27. The van der Waals surface area contributed by atoms with Crippen molar-refractivity contribution >= 4 is 19.6 Å². The standard InChI is InChI=1S/C43H78NO10P/c1-3-5-7-8-9-10-11-12-13-14-15-16-17-18-21-25-32-51-35-38(36-53-55(49,50)52-33-31-44)54-43(48)28-24-20-19-23-27-39-40(42(47)34-41(39)46)30-29-37(45)26-22-6-4-2/h19,23,25,29-30,32,37-40,42,45,47H,3-18,20-22,24,26-28,31,33-36,44H2,1-2H3,(H,49,50)/b23-19-,30-29+,32-25+/t37-,38+,39+,40+,42+/m0/s1. The molecule has 11 nitrogen and oxygen atoms in total. The van der Waals surface area contributed by atoms with Crippen LogP contribution in [0.25, 0.3) is 0 Å². The molecule has 1 fully saturated rings. The van der Waals surface area contributed by atoms with Gasteiger partial charge in [-0.1, -0.05) is 141 Å². The lowest BCUT2D eigenvalue weighted by molar-refractivity contribution is -0.153. The summed E-state index contributed by atoms with van der Waals surface area (Å²) in [6.45, 7) is 3.83. The van der Waals surface area contributed by atoms with Crippen molar-refractivity contribution in [3.63, 3.8) is 0 Å². The lowest BCUT2D eigenvalue weighted by atomic mass is 9.90. The van der Waals surface area contributed by atoms with Gasteiger partial charge in [-0.2, -0.15) is 0 Å². The Balaban J connectivity index is 2.39. The summed E-state index contributed by atoms with van der Waals surface area (Å²) in [6.07, 6.45) is 33.3. The summed E-state index contributed by atoms with van der Waals surface area (Å²) in [7, 11) is -4.37. The number of Topliss-reactive ketones (excluding diaryl/α,β-unsaturated/α-hetero) is 1. The van der Waals surface area contributed by atoms with Crippen molar-refractivity contribution in [1.82, 2.24) is 0 Å². The van der Waals surface area contributed by atoms with Crippen molar-refractivity contribution in [2.24, 2.45) is 17.6 Å². The van der Waals surface area contributed by atoms with Crippen LogP contribution >= 0.6 is 7.82 Å². The maximum atomic E-state index is 12.7. The highest BCUT2D eigenvalue weighted by Crippen LogP contribution is 2.43. The summed E-state index contributed by atoms with van der Waals surface area (Å²) in [6, 6.07) is 0. The second kappa shape index (κ2) is 34.2. The van der Waals surface area contributed by atoms with Gasteiger partial charge in [-0.25, -0.2) is 4.57 Å². The number of allylic oxidation sites excluding steroid dienone is 3. The van der Waals surface area contributed by atoms with Crippen LogP contribution in [0, 0.1) is 11.8 Å². The molecule has 0 aromatic carbocycles. The average Bonchev–Trinajstić information content (AvgIpc) is 3.43. The number of nitrogens with two attached hydrogens (primary N) is 1. The first kappa shape index (κ1) is 51.2. The van der Waals surface area contributed by atoms with E-state index in [-0.39, 0.29) is 56.8 Å². The number of carbonyl (C=O) groups is 2. The number of rotatable bonds is 37. The summed E-state index contributed by atoms with van der Waals surface area (Å²) in [4.78, 5) is 35.1. The van der Waals surface area contributed by atoms with Gasteiger partial charge in [0.25, 0.3) is 0 Å². The summed E-state index contributed by atoms with van der Waals surface area (Å²) in [5.41, 5.74) is 5.35. The molecule has 0 aliphatic heterocycles. The summed E-state index contributed by atoms with van der Waals surface area (Å²) in [5, 5.41) is 20.7. The maximum Gasteiger partial charge on any atom is 0.472 e. The van der Waals surface area contributed by atoms with E-state index in [1.165, 1.54) is 83.5 Å². The fourth-order valence-corrected chi connectivity index (χ4v) is 7.47. The number of phosphoric acid groups is 1. The van der Waals surface area contributed by atoms with Crippen molar-refractivity contribution in [3.05, 3.63) is 36.6 Å². The van der Waals surface area contributed by atoms with Crippen LogP contribution < -0.4 is 5.73 Å². The Morgan fingerprint density at radius 1 is 0.836 bits per heavy atom. The lowest BCUT2D eigenvalue weighted by Gasteiger charge is -2.19. The molecule has 1 rings (SSSR count). The molecule has 5 N–H and O–H groups in total. The van der Waals surface area contributed by atoms with Crippen molar-refractivity contribution in [1.29, 1.82) is 0 Å². The Morgan fingerprint density at radius 2 is 1.44 bits per heavy atom. The smallest absolute Gasteiger partial charge is 0.472 e. The highest BCUT2D eigenvalue weighted by Gasteiger charge is 2.39. The number of carbonyl (C=O) groups excluding carboxylic acids is 2. The number of esters is 1. The number of phosphoric ester groups is 1. The van der Waals surface area contributed by atoms with Gasteiger partial charge in [0.1, 0.15) is 12.4 Å². The van der Waals surface area contributed by atoms with Gasteiger partial charge < -0.3 is 30.3 Å². The van der Waals surface area contributed by atoms with E-state index >= 15 is 0 Å². The third-order valence-electron chi connectivity index (χ3n) is 9.99. The summed E-state index contributed by atoms with van der Waals surface area (Å²) >= 11 is 0. The molecule has 0 heterocycles. The molecule has 0 spiro atoms. The van der Waals surface area contributed by atoms with Gasteiger partial charge in [0.05, 0.1) is 31.7 Å². The van der Waals surface area contributed by atoms with Crippen LogP contribution in [0.1, 0.15) is 168 Å². The number of hydrogen-bond donors (Lipinski definition) is 4. The van der Waals surface area contributed by atoms with E-state index in [2.05, 4.69) is 13.8 Å². The molecule has 1 aliphatic carbocycles. The maximum absolute atomic E-state index is 12.7. The van der Waals surface area contributed by atoms with Crippen LogP contribution in [0.15, 0.2) is 36.6 Å². The first-order valence-electron chi connectivity index (χ1n) is 21.6. The molecule has 1 unspecified atom stereocenters. The number of unbranched alkanes of at least 4 members (excludes halogenated alkanes) is 17. The van der Waals surface area contributed by atoms with Crippen LogP contribution in [-0.4, -0.2) is 71.5 Å². The summed E-state index contributed by atoms with van der Waals surface area (Å²) in [5.74, 6) is -1.16. The van der Waals surface area contributed by atoms with Crippen molar-refractivity contribution in [2.75, 3.05) is 26.4 Å². The van der Waals surface area contributed by atoms with Gasteiger partial charge in [0.2, 0.25) is 0 Å². The third kappa shape index (κ3) is 28.2. The molecule has 0 aromatic heterocycles. The van der Waals surface area contributed by atoms with Gasteiger partial charge in [-0.3, -0.25) is 18.6 Å². The van der Waals surface area contributed by atoms with E-state index in [0.29, 0.717) is 25.7 Å². The molecular formula is C43H78NO10P. The minimum absolute atomic E-state index is 0.0110. The molecule has 1 saturated carbocycles. The van der Waals surface area contributed by atoms with Gasteiger partial charge in [-0.15, -0.1) is 0 Å². The second-order valence-corrected chi connectivity index (χ2v) is 16.5.